The molecule has 0 radical (unpaired) electrons. The Bertz CT molecular complexity index is 595. The quantitative estimate of drug-likeness (QED) is 0.683. The van der Waals surface area contributed by atoms with Crippen LogP contribution in [0, 0.1) is 0 Å². The number of sulfonamides is 1. The standard InChI is InChI=1S/C9H12BrNO5S3/c1-18(14)4-2-3-11-19(15,16)7-5-6(9(12)13)17-8(7)10/h5,11H,2-4H2,1H3,(H,12,13). The fraction of sp³-hybridized carbons (Fsp3) is 0.444. The zero-order chi connectivity index (χ0) is 14.6. The molecule has 10 heteroatoms. The van der Waals surface area contributed by atoms with Gasteiger partial charge in [0.25, 0.3) is 0 Å². The van der Waals surface area contributed by atoms with Crippen LogP contribution < -0.4 is 4.72 Å². The fourth-order valence-electron chi connectivity index (χ4n) is 1.20. The van der Waals surface area contributed by atoms with Crippen molar-refractivity contribution in [2.45, 2.75) is 11.3 Å². The van der Waals surface area contributed by atoms with Crippen molar-refractivity contribution in [3.05, 3.63) is 14.7 Å². The largest absolute Gasteiger partial charge is 0.477 e. The minimum atomic E-state index is -3.75. The lowest BCUT2D eigenvalue weighted by atomic mass is 10.5. The molecule has 0 bridgehead atoms. The number of nitrogens with one attached hydrogen (secondary N) is 1. The summed E-state index contributed by atoms with van der Waals surface area (Å²) in [5.74, 6) is -0.762. The number of carboxylic acid groups (broad SMARTS) is 1. The van der Waals surface area contributed by atoms with Crippen molar-refractivity contribution in [2.75, 3.05) is 18.6 Å². The van der Waals surface area contributed by atoms with Crippen LogP contribution in [0.2, 0.25) is 0 Å². The summed E-state index contributed by atoms with van der Waals surface area (Å²) in [4.78, 5) is 10.6. The van der Waals surface area contributed by atoms with Crippen molar-refractivity contribution in [3.8, 4) is 0 Å². The lowest BCUT2D eigenvalue weighted by Gasteiger charge is -2.04. The molecule has 1 unspecified atom stereocenters. The van der Waals surface area contributed by atoms with E-state index in [0.717, 1.165) is 17.4 Å². The first-order valence-corrected chi connectivity index (χ1v) is 9.88. The molecule has 0 spiro atoms. The summed E-state index contributed by atoms with van der Waals surface area (Å²) in [7, 11) is -4.71. The van der Waals surface area contributed by atoms with Crippen LogP contribution in [0.15, 0.2) is 14.7 Å². The Morgan fingerprint density at radius 1 is 1.58 bits per heavy atom. The highest BCUT2D eigenvalue weighted by atomic mass is 79.9. The Labute approximate surface area is 125 Å². The Morgan fingerprint density at radius 3 is 2.68 bits per heavy atom. The molecule has 2 N–H and O–H groups in total. The van der Waals surface area contributed by atoms with Crippen LogP contribution in [0.5, 0.6) is 0 Å². The first kappa shape index (κ1) is 16.8. The molecule has 0 aromatic carbocycles. The summed E-state index contributed by atoms with van der Waals surface area (Å²) in [5, 5.41) is 8.80. The summed E-state index contributed by atoms with van der Waals surface area (Å²) < 4.78 is 37.3. The van der Waals surface area contributed by atoms with Gasteiger partial charge in [-0.1, -0.05) is 0 Å². The highest BCUT2D eigenvalue weighted by Gasteiger charge is 2.22. The summed E-state index contributed by atoms with van der Waals surface area (Å²) in [6, 6.07) is 1.11. The smallest absolute Gasteiger partial charge is 0.345 e. The second kappa shape index (κ2) is 6.93. The van der Waals surface area contributed by atoms with Gasteiger partial charge in [0.1, 0.15) is 9.77 Å². The van der Waals surface area contributed by atoms with Crippen molar-refractivity contribution in [1.82, 2.24) is 4.72 Å². The molecule has 108 valence electrons. The first-order valence-electron chi connectivity index (χ1n) is 5.06. The highest BCUT2D eigenvalue weighted by molar-refractivity contribution is 9.11. The van der Waals surface area contributed by atoms with Crippen molar-refractivity contribution in [2.24, 2.45) is 0 Å². The van der Waals surface area contributed by atoms with E-state index in [0.29, 0.717) is 12.2 Å². The number of carboxylic acids is 1. The van der Waals surface area contributed by atoms with E-state index in [2.05, 4.69) is 20.7 Å². The maximum absolute atomic E-state index is 11.9. The van der Waals surface area contributed by atoms with Gasteiger partial charge in [0.05, 0.1) is 3.79 Å². The minimum absolute atomic E-state index is 0.0538. The van der Waals surface area contributed by atoms with E-state index >= 15 is 0 Å². The van der Waals surface area contributed by atoms with Crippen LogP contribution >= 0.6 is 27.3 Å². The normalized spacial score (nSPS) is 13.4. The number of aromatic carboxylic acids is 1. The lowest BCUT2D eigenvalue weighted by molar-refractivity contribution is 0.0702. The Morgan fingerprint density at radius 2 is 2.21 bits per heavy atom. The lowest BCUT2D eigenvalue weighted by Crippen LogP contribution is -2.25. The molecule has 0 aliphatic rings. The van der Waals surface area contributed by atoms with Crippen LogP contribution in [0.3, 0.4) is 0 Å². The molecule has 1 aromatic heterocycles. The third-order valence-electron chi connectivity index (χ3n) is 2.06. The number of halogens is 1. The van der Waals surface area contributed by atoms with Crippen LogP contribution in [0.1, 0.15) is 16.1 Å². The zero-order valence-electron chi connectivity index (χ0n) is 9.88. The fourth-order valence-corrected chi connectivity index (χ4v) is 5.23. The predicted molar refractivity (Wildman–Crippen MR) is 77.7 cm³/mol. The number of carbonyl (C=O) groups is 1. The number of thiophene rings is 1. The molecule has 1 aromatic rings. The average Bonchev–Trinajstić information content (AvgIpc) is 2.67. The van der Waals surface area contributed by atoms with Gasteiger partial charge in [-0.3, -0.25) is 4.21 Å². The Hall–Kier alpha value is -0.290. The summed E-state index contributed by atoms with van der Waals surface area (Å²) in [6.45, 7) is 0.159. The van der Waals surface area contributed by atoms with Gasteiger partial charge in [0.2, 0.25) is 10.0 Å². The first-order chi connectivity index (χ1) is 8.74. The van der Waals surface area contributed by atoms with Gasteiger partial charge < -0.3 is 5.11 Å². The van der Waals surface area contributed by atoms with E-state index in [4.69, 9.17) is 5.11 Å². The SMILES string of the molecule is CS(=O)CCCNS(=O)(=O)c1cc(C(=O)O)sc1Br. The molecule has 0 fully saturated rings. The average molecular weight is 390 g/mol. The molecule has 1 atom stereocenters. The molecule has 0 amide bonds. The molecule has 6 nitrogen and oxygen atoms in total. The summed E-state index contributed by atoms with van der Waals surface area (Å²) in [6.07, 6.45) is 2.00. The number of hydrogen-bond acceptors (Lipinski definition) is 5. The second-order valence-corrected chi connectivity index (χ2v) is 9.24. The van der Waals surface area contributed by atoms with E-state index in [1.54, 1.807) is 6.26 Å². The van der Waals surface area contributed by atoms with Crippen molar-refractivity contribution >= 4 is 54.1 Å². The van der Waals surface area contributed by atoms with Gasteiger partial charge in [-0.05, 0) is 28.4 Å². The van der Waals surface area contributed by atoms with E-state index in [1.807, 2.05) is 0 Å². The Kier molecular flexibility index (Phi) is 6.12. The molecule has 1 heterocycles. The van der Waals surface area contributed by atoms with Gasteiger partial charge in [0.15, 0.2) is 0 Å². The molecule has 0 saturated carbocycles. The third kappa shape index (κ3) is 4.95. The molecular formula is C9H12BrNO5S3. The molecule has 1 rings (SSSR count). The monoisotopic (exact) mass is 389 g/mol. The minimum Gasteiger partial charge on any atom is -0.477 e. The van der Waals surface area contributed by atoms with Gasteiger partial charge in [-0.25, -0.2) is 17.9 Å². The second-order valence-electron chi connectivity index (χ2n) is 3.58. The van der Waals surface area contributed by atoms with E-state index in [-0.39, 0.29) is 20.1 Å². The van der Waals surface area contributed by atoms with E-state index in [9.17, 15) is 17.4 Å². The van der Waals surface area contributed by atoms with Crippen molar-refractivity contribution < 1.29 is 22.5 Å². The van der Waals surface area contributed by atoms with Crippen molar-refractivity contribution in [3.63, 3.8) is 0 Å². The van der Waals surface area contributed by atoms with E-state index < -0.39 is 26.8 Å². The Balaban J connectivity index is 2.77. The summed E-state index contributed by atoms with van der Waals surface area (Å²) in [5.41, 5.74) is 0. The molecule has 0 saturated heterocycles. The van der Waals surface area contributed by atoms with Crippen LogP contribution in [0.4, 0.5) is 0 Å². The summed E-state index contributed by atoms with van der Waals surface area (Å²) >= 11 is 3.88. The number of rotatable bonds is 7. The maximum atomic E-state index is 11.9. The number of hydrogen-bond donors (Lipinski definition) is 2. The predicted octanol–water partition coefficient (Wildman–Crippen LogP) is 1.26. The third-order valence-corrected chi connectivity index (χ3v) is 6.62. The van der Waals surface area contributed by atoms with Crippen LogP contribution in [0.25, 0.3) is 0 Å². The van der Waals surface area contributed by atoms with Gasteiger partial charge in [-0.15, -0.1) is 11.3 Å². The van der Waals surface area contributed by atoms with Gasteiger partial charge >= 0.3 is 5.97 Å². The zero-order valence-corrected chi connectivity index (χ0v) is 13.9. The topological polar surface area (TPSA) is 101 Å². The van der Waals surface area contributed by atoms with Gasteiger partial charge in [-0.2, -0.15) is 0 Å². The molecule has 19 heavy (non-hydrogen) atoms. The van der Waals surface area contributed by atoms with Crippen LogP contribution in [-0.2, 0) is 20.8 Å². The van der Waals surface area contributed by atoms with Crippen LogP contribution in [-0.4, -0.2) is 42.3 Å². The highest BCUT2D eigenvalue weighted by Crippen LogP contribution is 2.31. The van der Waals surface area contributed by atoms with E-state index in [1.165, 1.54) is 0 Å². The molecular weight excluding hydrogens is 378 g/mol. The van der Waals surface area contributed by atoms with Gasteiger partial charge in [0, 0.05) is 29.4 Å². The maximum Gasteiger partial charge on any atom is 0.345 e. The molecule has 0 aliphatic carbocycles. The van der Waals surface area contributed by atoms with Crippen molar-refractivity contribution in [1.29, 1.82) is 0 Å². The molecule has 0 aliphatic heterocycles.